The van der Waals surface area contributed by atoms with Gasteiger partial charge in [-0.25, -0.2) is 4.39 Å². The molecule has 1 unspecified atom stereocenters. The van der Waals surface area contributed by atoms with Gasteiger partial charge in [0.1, 0.15) is 5.82 Å². The average molecular weight is 318 g/mol. The van der Waals surface area contributed by atoms with Gasteiger partial charge in [0, 0.05) is 21.8 Å². The van der Waals surface area contributed by atoms with Crippen LogP contribution in [0.3, 0.4) is 0 Å². The molecule has 2 aromatic rings. The molecule has 4 heteroatoms. The molecule has 19 heavy (non-hydrogen) atoms. The monoisotopic (exact) mass is 316 g/mol. The van der Waals surface area contributed by atoms with E-state index in [1.807, 2.05) is 24.3 Å². The summed E-state index contributed by atoms with van der Waals surface area (Å²) in [6.07, 6.45) is 0.472. The van der Waals surface area contributed by atoms with E-state index in [0.717, 1.165) is 5.56 Å². The number of benzene rings is 2. The van der Waals surface area contributed by atoms with Crippen LogP contribution in [-0.2, 0) is 6.42 Å². The number of hydrogen-bond donors (Lipinski definition) is 0. The summed E-state index contributed by atoms with van der Waals surface area (Å²) in [6, 6.07) is 12.0. The molecule has 100 valence electrons. The minimum absolute atomic E-state index is 0.0386. The first-order valence-corrected chi connectivity index (χ1v) is 7.15. The summed E-state index contributed by atoms with van der Waals surface area (Å²) in [4.78, 5) is 0. The van der Waals surface area contributed by atoms with Crippen molar-refractivity contribution < 1.29 is 4.39 Å². The molecule has 0 saturated heterocycles. The summed E-state index contributed by atoms with van der Waals surface area (Å²) < 4.78 is 13.7. The number of halogens is 4. The van der Waals surface area contributed by atoms with Crippen molar-refractivity contribution in [3.05, 3.63) is 69.5 Å². The second-order valence-electron chi connectivity index (χ2n) is 4.31. The highest BCUT2D eigenvalue weighted by atomic mass is 35.5. The molecule has 0 radical (unpaired) electrons. The molecule has 0 amide bonds. The molecule has 1 atom stereocenters. The van der Waals surface area contributed by atoms with Crippen molar-refractivity contribution >= 4 is 34.8 Å². The van der Waals surface area contributed by atoms with E-state index in [4.69, 9.17) is 34.8 Å². The molecule has 0 heterocycles. The molecular formula is C15H12Cl3F. The second kappa shape index (κ2) is 6.60. The Bertz CT molecular complexity index is 569. The summed E-state index contributed by atoms with van der Waals surface area (Å²) in [6.45, 7) is 0. The molecule has 0 N–H and O–H groups in total. The molecule has 2 rings (SSSR count). The van der Waals surface area contributed by atoms with Crippen molar-refractivity contribution in [3.8, 4) is 0 Å². The van der Waals surface area contributed by atoms with Crippen LogP contribution in [0.25, 0.3) is 0 Å². The Morgan fingerprint density at radius 2 is 1.79 bits per heavy atom. The van der Waals surface area contributed by atoms with Gasteiger partial charge in [-0.3, -0.25) is 0 Å². The van der Waals surface area contributed by atoms with Crippen molar-refractivity contribution in [1.82, 2.24) is 0 Å². The lowest BCUT2D eigenvalue weighted by Crippen LogP contribution is -2.07. The Labute approximate surface area is 127 Å². The van der Waals surface area contributed by atoms with E-state index in [9.17, 15) is 4.39 Å². The summed E-state index contributed by atoms with van der Waals surface area (Å²) in [7, 11) is 0. The van der Waals surface area contributed by atoms with E-state index in [2.05, 4.69) is 0 Å². The third-order valence-electron chi connectivity index (χ3n) is 3.01. The Kier molecular flexibility index (Phi) is 5.09. The fourth-order valence-corrected chi connectivity index (χ4v) is 2.78. The van der Waals surface area contributed by atoms with E-state index < -0.39 is 0 Å². The molecule has 0 aromatic heterocycles. The van der Waals surface area contributed by atoms with Crippen LogP contribution < -0.4 is 0 Å². The lowest BCUT2D eigenvalue weighted by molar-refractivity contribution is 0.598. The molecule has 0 aliphatic rings. The van der Waals surface area contributed by atoms with Crippen LogP contribution in [0.1, 0.15) is 17.0 Å². The largest absolute Gasteiger partial charge is 0.207 e. The van der Waals surface area contributed by atoms with Crippen molar-refractivity contribution in [3.63, 3.8) is 0 Å². The van der Waals surface area contributed by atoms with Gasteiger partial charge in [0.25, 0.3) is 0 Å². The van der Waals surface area contributed by atoms with Crippen molar-refractivity contribution in [2.24, 2.45) is 0 Å². The minimum Gasteiger partial charge on any atom is -0.207 e. The summed E-state index contributed by atoms with van der Waals surface area (Å²) in [5.74, 6) is 0.0604. The molecule has 0 bridgehead atoms. The van der Waals surface area contributed by atoms with Gasteiger partial charge in [0.15, 0.2) is 0 Å². The number of alkyl halides is 1. The SMILES string of the molecule is Fc1ccc(Cl)cc1CC(CCl)c1ccccc1Cl. The van der Waals surface area contributed by atoms with Gasteiger partial charge in [-0.1, -0.05) is 41.4 Å². The summed E-state index contributed by atoms with van der Waals surface area (Å²) in [5, 5.41) is 1.17. The normalized spacial score (nSPS) is 12.4. The van der Waals surface area contributed by atoms with Crippen LogP contribution in [-0.4, -0.2) is 5.88 Å². The van der Waals surface area contributed by atoms with Crippen LogP contribution in [0.2, 0.25) is 10.0 Å². The van der Waals surface area contributed by atoms with E-state index >= 15 is 0 Å². The Balaban J connectivity index is 2.29. The zero-order valence-electron chi connectivity index (χ0n) is 10.0. The highest BCUT2D eigenvalue weighted by Crippen LogP contribution is 2.30. The molecule has 0 aliphatic heterocycles. The van der Waals surface area contributed by atoms with Gasteiger partial charge in [0.2, 0.25) is 0 Å². The molecule has 0 aliphatic carbocycles. The third-order valence-corrected chi connectivity index (χ3v) is 3.96. The molecule has 0 nitrogen and oxygen atoms in total. The van der Waals surface area contributed by atoms with Gasteiger partial charge < -0.3 is 0 Å². The summed E-state index contributed by atoms with van der Waals surface area (Å²) in [5.41, 5.74) is 1.48. The fourth-order valence-electron chi connectivity index (χ4n) is 2.02. The van der Waals surface area contributed by atoms with Gasteiger partial charge in [-0.05, 0) is 41.8 Å². The standard InChI is InChI=1S/C15H12Cl3F/c16-9-11(13-3-1-2-4-14(13)18)7-10-8-12(17)5-6-15(10)19/h1-6,8,11H,7,9H2. The first-order chi connectivity index (χ1) is 9.11. The maximum atomic E-state index is 13.7. The predicted octanol–water partition coefficient (Wildman–Crippen LogP) is 5.70. The Morgan fingerprint density at radius 1 is 1.05 bits per heavy atom. The molecule has 0 saturated carbocycles. The zero-order chi connectivity index (χ0) is 13.8. The lowest BCUT2D eigenvalue weighted by atomic mass is 9.93. The first kappa shape index (κ1) is 14.6. The molecule has 0 fully saturated rings. The van der Waals surface area contributed by atoms with Crippen LogP contribution in [0.15, 0.2) is 42.5 Å². The van der Waals surface area contributed by atoms with Crippen LogP contribution in [0.5, 0.6) is 0 Å². The predicted molar refractivity (Wildman–Crippen MR) is 80.0 cm³/mol. The molecule has 2 aromatic carbocycles. The van der Waals surface area contributed by atoms with E-state index in [1.165, 1.54) is 12.1 Å². The van der Waals surface area contributed by atoms with Gasteiger partial charge in [-0.15, -0.1) is 11.6 Å². The molecule has 0 spiro atoms. The minimum atomic E-state index is -0.272. The van der Waals surface area contributed by atoms with Gasteiger partial charge in [-0.2, -0.15) is 0 Å². The van der Waals surface area contributed by atoms with Gasteiger partial charge >= 0.3 is 0 Å². The zero-order valence-corrected chi connectivity index (χ0v) is 12.3. The van der Waals surface area contributed by atoms with E-state index in [1.54, 1.807) is 6.07 Å². The average Bonchev–Trinajstić information content (AvgIpc) is 2.41. The van der Waals surface area contributed by atoms with Gasteiger partial charge in [0.05, 0.1) is 0 Å². The summed E-state index contributed by atoms with van der Waals surface area (Å²) >= 11 is 18.1. The Morgan fingerprint density at radius 3 is 2.47 bits per heavy atom. The van der Waals surface area contributed by atoms with Crippen LogP contribution in [0.4, 0.5) is 4.39 Å². The van der Waals surface area contributed by atoms with Crippen LogP contribution >= 0.6 is 34.8 Å². The smallest absolute Gasteiger partial charge is 0.126 e. The molecular weight excluding hydrogens is 306 g/mol. The maximum Gasteiger partial charge on any atom is 0.126 e. The highest BCUT2D eigenvalue weighted by molar-refractivity contribution is 6.31. The maximum absolute atomic E-state index is 13.7. The first-order valence-electron chi connectivity index (χ1n) is 5.86. The number of hydrogen-bond acceptors (Lipinski definition) is 0. The lowest BCUT2D eigenvalue weighted by Gasteiger charge is -2.16. The second-order valence-corrected chi connectivity index (χ2v) is 5.46. The van der Waals surface area contributed by atoms with Crippen molar-refractivity contribution in [2.75, 3.05) is 5.88 Å². The number of rotatable bonds is 4. The van der Waals surface area contributed by atoms with E-state index in [0.29, 0.717) is 27.9 Å². The highest BCUT2D eigenvalue weighted by Gasteiger charge is 2.16. The van der Waals surface area contributed by atoms with Crippen molar-refractivity contribution in [2.45, 2.75) is 12.3 Å². The fraction of sp³-hybridized carbons (Fsp3) is 0.200. The van der Waals surface area contributed by atoms with E-state index in [-0.39, 0.29) is 11.7 Å². The van der Waals surface area contributed by atoms with Crippen molar-refractivity contribution in [1.29, 1.82) is 0 Å². The topological polar surface area (TPSA) is 0 Å². The Hall–Kier alpha value is -0.760. The third kappa shape index (κ3) is 3.62. The quantitative estimate of drug-likeness (QED) is 0.635. The van der Waals surface area contributed by atoms with Crippen LogP contribution in [0, 0.1) is 5.82 Å².